The molecule has 0 unspecified atom stereocenters. The first-order chi connectivity index (χ1) is 9.24. The fourth-order valence-electron chi connectivity index (χ4n) is 2.23. The van der Waals surface area contributed by atoms with Crippen LogP contribution in [0.4, 0.5) is 5.82 Å². The molecule has 0 amide bonds. The van der Waals surface area contributed by atoms with Crippen molar-refractivity contribution >= 4 is 5.82 Å². The molecule has 1 aromatic rings. The first-order valence-corrected chi connectivity index (χ1v) is 7.70. The highest BCUT2D eigenvalue weighted by atomic mass is 15.2. The van der Waals surface area contributed by atoms with E-state index in [4.69, 9.17) is 4.98 Å². The third-order valence-corrected chi connectivity index (χ3v) is 3.18. The van der Waals surface area contributed by atoms with Crippen molar-refractivity contribution in [3.05, 3.63) is 23.4 Å². The molecule has 0 atom stereocenters. The fourth-order valence-corrected chi connectivity index (χ4v) is 2.23. The van der Waals surface area contributed by atoms with Crippen LogP contribution in [0, 0.1) is 0 Å². The molecule has 0 spiro atoms. The first-order valence-electron chi connectivity index (χ1n) is 7.70. The lowest BCUT2D eigenvalue weighted by Gasteiger charge is -2.24. The molecule has 0 radical (unpaired) electrons. The Morgan fingerprint density at radius 2 is 1.74 bits per heavy atom. The second-order valence-electron chi connectivity index (χ2n) is 4.95. The van der Waals surface area contributed by atoms with E-state index in [0.717, 1.165) is 38.4 Å². The maximum atomic E-state index is 4.80. The van der Waals surface area contributed by atoms with Gasteiger partial charge in [0.05, 0.1) is 0 Å². The molecule has 0 fully saturated rings. The van der Waals surface area contributed by atoms with Crippen molar-refractivity contribution in [2.75, 3.05) is 24.5 Å². The van der Waals surface area contributed by atoms with Gasteiger partial charge in [-0.2, -0.15) is 0 Å². The summed E-state index contributed by atoms with van der Waals surface area (Å²) in [6, 6.07) is 4.47. The van der Waals surface area contributed by atoms with Crippen molar-refractivity contribution in [3.8, 4) is 0 Å². The monoisotopic (exact) mass is 263 g/mol. The van der Waals surface area contributed by atoms with Gasteiger partial charge in [-0.25, -0.2) is 4.98 Å². The maximum absolute atomic E-state index is 4.80. The van der Waals surface area contributed by atoms with Crippen molar-refractivity contribution in [1.29, 1.82) is 0 Å². The predicted molar refractivity (Wildman–Crippen MR) is 83.8 cm³/mol. The Kier molecular flexibility index (Phi) is 7.49. The third kappa shape index (κ3) is 5.19. The number of hydrogen-bond acceptors (Lipinski definition) is 3. The lowest BCUT2D eigenvalue weighted by atomic mass is 10.2. The van der Waals surface area contributed by atoms with Gasteiger partial charge in [-0.05, 0) is 43.5 Å². The molecule has 3 heteroatoms. The zero-order chi connectivity index (χ0) is 14.1. The summed E-state index contributed by atoms with van der Waals surface area (Å²) < 4.78 is 0. The molecule has 3 nitrogen and oxygen atoms in total. The van der Waals surface area contributed by atoms with E-state index in [1.165, 1.54) is 24.1 Å². The van der Waals surface area contributed by atoms with Crippen LogP contribution < -0.4 is 10.2 Å². The van der Waals surface area contributed by atoms with Crippen LogP contribution in [-0.2, 0) is 13.0 Å². The number of aromatic nitrogens is 1. The maximum Gasteiger partial charge on any atom is 0.129 e. The van der Waals surface area contributed by atoms with Crippen molar-refractivity contribution in [3.63, 3.8) is 0 Å². The summed E-state index contributed by atoms with van der Waals surface area (Å²) in [7, 11) is 0. The molecule has 1 N–H and O–H groups in total. The van der Waals surface area contributed by atoms with Gasteiger partial charge in [0.1, 0.15) is 5.82 Å². The van der Waals surface area contributed by atoms with E-state index in [2.05, 4.69) is 50.0 Å². The van der Waals surface area contributed by atoms with Crippen molar-refractivity contribution in [2.24, 2.45) is 0 Å². The minimum atomic E-state index is 0.936. The van der Waals surface area contributed by atoms with Crippen LogP contribution in [0.1, 0.15) is 51.8 Å². The van der Waals surface area contributed by atoms with E-state index in [1.807, 2.05) is 0 Å². The van der Waals surface area contributed by atoms with Crippen LogP contribution in [0.5, 0.6) is 0 Å². The molecule has 1 heterocycles. The fraction of sp³-hybridized carbons (Fsp3) is 0.688. The van der Waals surface area contributed by atoms with E-state index in [1.54, 1.807) is 0 Å². The quantitative estimate of drug-likeness (QED) is 0.740. The molecule has 0 bridgehead atoms. The van der Waals surface area contributed by atoms with Gasteiger partial charge in [-0.15, -0.1) is 0 Å². The number of nitrogens with zero attached hydrogens (tertiary/aromatic N) is 2. The lowest BCUT2D eigenvalue weighted by Crippen LogP contribution is -2.26. The standard InChI is InChI=1S/C16H29N3/c1-5-9-19(10-6-2)16-12-14(13-17-8-4)11-15(7-3)18-16/h11-12,17H,5-10,13H2,1-4H3. The predicted octanol–water partition coefficient (Wildman–Crippen LogP) is 3.38. The minimum Gasteiger partial charge on any atom is -0.357 e. The Morgan fingerprint density at radius 3 is 2.26 bits per heavy atom. The summed E-state index contributed by atoms with van der Waals surface area (Å²) in [6.07, 6.45) is 3.33. The topological polar surface area (TPSA) is 28.2 Å². The number of aryl methyl sites for hydroxylation is 1. The van der Waals surface area contributed by atoms with Crippen LogP contribution >= 0.6 is 0 Å². The van der Waals surface area contributed by atoms with Gasteiger partial charge in [0.15, 0.2) is 0 Å². The van der Waals surface area contributed by atoms with Gasteiger partial charge in [0.25, 0.3) is 0 Å². The molecular weight excluding hydrogens is 234 g/mol. The molecule has 0 saturated heterocycles. The molecule has 0 aliphatic carbocycles. The Balaban J connectivity index is 2.95. The zero-order valence-corrected chi connectivity index (χ0v) is 13.0. The van der Waals surface area contributed by atoms with Gasteiger partial charge in [0.2, 0.25) is 0 Å². The summed E-state index contributed by atoms with van der Waals surface area (Å²) in [5.74, 6) is 1.15. The molecule has 0 saturated carbocycles. The van der Waals surface area contributed by atoms with E-state index >= 15 is 0 Å². The molecule has 0 aromatic carbocycles. The van der Waals surface area contributed by atoms with E-state index < -0.39 is 0 Å². The first kappa shape index (κ1) is 16.0. The average Bonchev–Trinajstić information content (AvgIpc) is 2.44. The summed E-state index contributed by atoms with van der Waals surface area (Å²) in [5.41, 5.74) is 2.54. The largest absolute Gasteiger partial charge is 0.357 e. The molecule has 0 aliphatic rings. The Labute approximate surface area is 118 Å². The van der Waals surface area contributed by atoms with Gasteiger partial charge >= 0.3 is 0 Å². The van der Waals surface area contributed by atoms with Crippen LogP contribution in [0.25, 0.3) is 0 Å². The lowest BCUT2D eigenvalue weighted by molar-refractivity contribution is 0.712. The number of rotatable bonds is 9. The normalized spacial score (nSPS) is 10.7. The highest BCUT2D eigenvalue weighted by Gasteiger charge is 2.08. The minimum absolute atomic E-state index is 0.936. The number of anilines is 1. The zero-order valence-electron chi connectivity index (χ0n) is 13.0. The molecule has 1 rings (SSSR count). The van der Waals surface area contributed by atoms with Gasteiger partial charge < -0.3 is 10.2 Å². The Hall–Kier alpha value is -1.09. The third-order valence-electron chi connectivity index (χ3n) is 3.18. The van der Waals surface area contributed by atoms with Crippen LogP contribution in [0.15, 0.2) is 12.1 Å². The number of pyridine rings is 1. The molecule has 19 heavy (non-hydrogen) atoms. The highest BCUT2D eigenvalue weighted by molar-refractivity contribution is 5.42. The molecular formula is C16H29N3. The number of hydrogen-bond donors (Lipinski definition) is 1. The van der Waals surface area contributed by atoms with Crippen LogP contribution in [-0.4, -0.2) is 24.6 Å². The summed E-state index contributed by atoms with van der Waals surface area (Å²) in [5, 5.41) is 3.40. The van der Waals surface area contributed by atoms with Crippen molar-refractivity contribution in [1.82, 2.24) is 10.3 Å². The van der Waals surface area contributed by atoms with Crippen LogP contribution in [0.2, 0.25) is 0 Å². The van der Waals surface area contributed by atoms with Crippen LogP contribution in [0.3, 0.4) is 0 Å². The SMILES string of the molecule is CCCN(CCC)c1cc(CNCC)cc(CC)n1. The number of nitrogens with one attached hydrogen (secondary N) is 1. The summed E-state index contributed by atoms with van der Waals surface area (Å²) in [6.45, 7) is 12.9. The summed E-state index contributed by atoms with van der Waals surface area (Å²) >= 11 is 0. The Bertz CT molecular complexity index is 357. The van der Waals surface area contributed by atoms with E-state index in [9.17, 15) is 0 Å². The highest BCUT2D eigenvalue weighted by Crippen LogP contribution is 2.16. The Morgan fingerprint density at radius 1 is 1.05 bits per heavy atom. The second kappa shape index (κ2) is 8.92. The second-order valence-corrected chi connectivity index (χ2v) is 4.95. The molecule has 1 aromatic heterocycles. The van der Waals surface area contributed by atoms with E-state index in [-0.39, 0.29) is 0 Å². The average molecular weight is 263 g/mol. The molecule has 0 aliphatic heterocycles. The van der Waals surface area contributed by atoms with Gasteiger partial charge in [-0.1, -0.05) is 27.7 Å². The van der Waals surface area contributed by atoms with E-state index in [0.29, 0.717) is 0 Å². The molecule has 108 valence electrons. The smallest absolute Gasteiger partial charge is 0.129 e. The van der Waals surface area contributed by atoms with Crippen molar-refractivity contribution < 1.29 is 0 Å². The van der Waals surface area contributed by atoms with Gasteiger partial charge in [0, 0.05) is 25.3 Å². The summed E-state index contributed by atoms with van der Waals surface area (Å²) in [4.78, 5) is 7.21. The van der Waals surface area contributed by atoms with Crippen molar-refractivity contribution in [2.45, 2.75) is 53.5 Å². The van der Waals surface area contributed by atoms with Gasteiger partial charge in [-0.3, -0.25) is 0 Å².